The van der Waals surface area contributed by atoms with E-state index in [1.807, 2.05) is 38.1 Å². The lowest BCUT2D eigenvalue weighted by atomic mass is 10.1. The Morgan fingerprint density at radius 2 is 1.91 bits per heavy atom. The molecule has 1 fully saturated rings. The predicted octanol–water partition coefficient (Wildman–Crippen LogP) is 3.23. The van der Waals surface area contributed by atoms with Crippen LogP contribution in [0.15, 0.2) is 34.1 Å². The first kappa shape index (κ1) is 15.6. The third kappa shape index (κ3) is 3.09. The lowest BCUT2D eigenvalue weighted by Crippen LogP contribution is -2.20. The molecule has 1 aromatic heterocycles. The van der Waals surface area contributed by atoms with Crippen LogP contribution in [-0.2, 0) is 0 Å². The van der Waals surface area contributed by atoms with E-state index in [2.05, 4.69) is 5.10 Å². The SMILES string of the molecule is COc1ccc(-n2[nH]c(C)c(C(C)=NC3CCCC3)c2=O)cc1. The Balaban J connectivity index is 1.96. The van der Waals surface area contributed by atoms with Crippen LogP contribution in [0, 0.1) is 6.92 Å². The molecule has 0 spiro atoms. The Hall–Kier alpha value is -2.30. The van der Waals surface area contributed by atoms with E-state index >= 15 is 0 Å². The molecular weight excluding hydrogens is 290 g/mol. The number of rotatable bonds is 4. The molecule has 1 N–H and O–H groups in total. The van der Waals surface area contributed by atoms with Crippen LogP contribution in [0.1, 0.15) is 43.9 Å². The van der Waals surface area contributed by atoms with E-state index in [1.54, 1.807) is 11.8 Å². The summed E-state index contributed by atoms with van der Waals surface area (Å²) in [5.74, 6) is 0.768. The molecule has 1 heterocycles. The second-order valence-corrected chi connectivity index (χ2v) is 6.10. The molecule has 3 rings (SSSR count). The molecule has 0 bridgehead atoms. The molecule has 1 aromatic carbocycles. The number of aromatic amines is 1. The maximum absolute atomic E-state index is 12.8. The topological polar surface area (TPSA) is 59.4 Å². The Labute approximate surface area is 136 Å². The number of methoxy groups -OCH3 is 1. The monoisotopic (exact) mass is 313 g/mol. The molecule has 1 saturated carbocycles. The standard InChI is InChI=1S/C18H23N3O2/c1-12(19-14-6-4-5-7-14)17-13(2)20-21(18(17)22)15-8-10-16(23-3)11-9-15/h8-11,14,20H,4-7H2,1-3H3. The van der Waals surface area contributed by atoms with Gasteiger partial charge in [-0.2, -0.15) is 0 Å². The molecule has 122 valence electrons. The highest BCUT2D eigenvalue weighted by atomic mass is 16.5. The van der Waals surface area contributed by atoms with Gasteiger partial charge in [-0.05, 0) is 51.0 Å². The van der Waals surface area contributed by atoms with Crippen LogP contribution < -0.4 is 10.3 Å². The molecule has 5 nitrogen and oxygen atoms in total. The van der Waals surface area contributed by atoms with Gasteiger partial charge in [0.05, 0.1) is 24.4 Å². The summed E-state index contributed by atoms with van der Waals surface area (Å²) >= 11 is 0. The van der Waals surface area contributed by atoms with E-state index in [0.717, 1.165) is 35.7 Å². The Bertz CT molecular complexity index is 763. The highest BCUT2D eigenvalue weighted by Gasteiger charge is 2.18. The van der Waals surface area contributed by atoms with Gasteiger partial charge in [-0.3, -0.25) is 14.9 Å². The predicted molar refractivity (Wildman–Crippen MR) is 92.1 cm³/mol. The van der Waals surface area contributed by atoms with Crippen molar-refractivity contribution in [1.29, 1.82) is 0 Å². The summed E-state index contributed by atoms with van der Waals surface area (Å²) in [5.41, 5.74) is 3.12. The van der Waals surface area contributed by atoms with Crippen molar-refractivity contribution >= 4 is 5.71 Å². The number of aryl methyl sites for hydroxylation is 1. The molecule has 0 atom stereocenters. The first-order valence-corrected chi connectivity index (χ1v) is 8.11. The molecule has 0 unspecified atom stereocenters. The number of nitrogens with one attached hydrogen (secondary N) is 1. The largest absolute Gasteiger partial charge is 0.497 e. The van der Waals surface area contributed by atoms with E-state index in [0.29, 0.717) is 11.6 Å². The van der Waals surface area contributed by atoms with Crippen molar-refractivity contribution in [3.05, 3.63) is 45.9 Å². The summed E-state index contributed by atoms with van der Waals surface area (Å²) in [7, 11) is 1.63. The summed E-state index contributed by atoms with van der Waals surface area (Å²) in [6, 6.07) is 7.79. The van der Waals surface area contributed by atoms with Gasteiger partial charge in [0.25, 0.3) is 5.56 Å². The van der Waals surface area contributed by atoms with Crippen LogP contribution in [0.5, 0.6) is 5.75 Å². The molecule has 0 saturated heterocycles. The number of hydrogen-bond donors (Lipinski definition) is 1. The van der Waals surface area contributed by atoms with Gasteiger partial charge in [0.2, 0.25) is 0 Å². The summed E-state index contributed by atoms with van der Waals surface area (Å²) in [5, 5.41) is 3.16. The molecule has 5 heteroatoms. The van der Waals surface area contributed by atoms with Gasteiger partial charge in [0.1, 0.15) is 5.75 Å². The van der Waals surface area contributed by atoms with Gasteiger partial charge in [-0.25, -0.2) is 4.68 Å². The minimum atomic E-state index is -0.0492. The van der Waals surface area contributed by atoms with E-state index in [1.165, 1.54) is 12.8 Å². The van der Waals surface area contributed by atoms with E-state index in [9.17, 15) is 4.79 Å². The van der Waals surface area contributed by atoms with Gasteiger partial charge in [0.15, 0.2) is 0 Å². The van der Waals surface area contributed by atoms with Crippen molar-refractivity contribution in [2.75, 3.05) is 7.11 Å². The molecular formula is C18H23N3O2. The lowest BCUT2D eigenvalue weighted by molar-refractivity contribution is 0.414. The highest BCUT2D eigenvalue weighted by Crippen LogP contribution is 2.22. The van der Waals surface area contributed by atoms with E-state index in [4.69, 9.17) is 9.73 Å². The minimum absolute atomic E-state index is 0.0492. The smallest absolute Gasteiger partial charge is 0.280 e. The fraction of sp³-hybridized carbons (Fsp3) is 0.444. The third-order valence-electron chi connectivity index (χ3n) is 4.46. The Kier molecular flexibility index (Phi) is 4.37. The number of aliphatic imine (C=N–C) groups is 1. The third-order valence-corrected chi connectivity index (χ3v) is 4.46. The van der Waals surface area contributed by atoms with Crippen molar-refractivity contribution in [2.45, 2.75) is 45.6 Å². The number of nitrogens with zero attached hydrogens (tertiary/aromatic N) is 2. The average Bonchev–Trinajstić information content (AvgIpc) is 3.15. The summed E-state index contributed by atoms with van der Waals surface area (Å²) in [4.78, 5) is 17.5. The van der Waals surface area contributed by atoms with Crippen LogP contribution in [-0.4, -0.2) is 28.6 Å². The van der Waals surface area contributed by atoms with Crippen LogP contribution >= 0.6 is 0 Å². The number of aromatic nitrogens is 2. The first-order chi connectivity index (χ1) is 11.1. The summed E-state index contributed by atoms with van der Waals surface area (Å²) < 4.78 is 6.73. The lowest BCUT2D eigenvalue weighted by Gasteiger charge is -2.04. The maximum atomic E-state index is 12.8. The number of hydrogen-bond acceptors (Lipinski definition) is 3. The van der Waals surface area contributed by atoms with Gasteiger partial charge in [0, 0.05) is 11.4 Å². The number of ether oxygens (including phenoxy) is 1. The van der Waals surface area contributed by atoms with Crippen molar-refractivity contribution < 1.29 is 4.74 Å². The maximum Gasteiger partial charge on any atom is 0.280 e. The zero-order valence-electron chi connectivity index (χ0n) is 13.9. The summed E-state index contributed by atoms with van der Waals surface area (Å²) in [6.45, 7) is 3.86. The zero-order chi connectivity index (χ0) is 16.4. The van der Waals surface area contributed by atoms with Gasteiger partial charge >= 0.3 is 0 Å². The van der Waals surface area contributed by atoms with Crippen molar-refractivity contribution in [1.82, 2.24) is 9.78 Å². The van der Waals surface area contributed by atoms with Gasteiger partial charge < -0.3 is 4.74 Å². The van der Waals surface area contributed by atoms with Crippen molar-refractivity contribution in [3.63, 3.8) is 0 Å². The van der Waals surface area contributed by atoms with E-state index in [-0.39, 0.29) is 5.56 Å². The normalized spacial score (nSPS) is 16.0. The van der Waals surface area contributed by atoms with Crippen LogP contribution in [0.4, 0.5) is 0 Å². The second kappa shape index (κ2) is 6.44. The van der Waals surface area contributed by atoms with Crippen molar-refractivity contribution in [2.24, 2.45) is 4.99 Å². The van der Waals surface area contributed by atoms with Crippen LogP contribution in [0.2, 0.25) is 0 Å². The molecule has 1 aliphatic carbocycles. The molecule has 23 heavy (non-hydrogen) atoms. The minimum Gasteiger partial charge on any atom is -0.497 e. The Morgan fingerprint density at radius 1 is 1.26 bits per heavy atom. The number of H-pyrrole nitrogens is 1. The summed E-state index contributed by atoms with van der Waals surface area (Å²) in [6.07, 6.45) is 4.74. The second-order valence-electron chi connectivity index (χ2n) is 6.10. The zero-order valence-corrected chi connectivity index (χ0v) is 13.9. The molecule has 0 amide bonds. The fourth-order valence-corrected chi connectivity index (χ4v) is 3.26. The van der Waals surface area contributed by atoms with Gasteiger partial charge in [-0.1, -0.05) is 12.8 Å². The quantitative estimate of drug-likeness (QED) is 0.881. The number of benzene rings is 1. The van der Waals surface area contributed by atoms with Crippen molar-refractivity contribution in [3.8, 4) is 11.4 Å². The van der Waals surface area contributed by atoms with Crippen LogP contribution in [0.3, 0.4) is 0 Å². The molecule has 2 aromatic rings. The average molecular weight is 313 g/mol. The van der Waals surface area contributed by atoms with E-state index < -0.39 is 0 Å². The van der Waals surface area contributed by atoms with Gasteiger partial charge in [-0.15, -0.1) is 0 Å². The Morgan fingerprint density at radius 3 is 2.52 bits per heavy atom. The van der Waals surface area contributed by atoms with Crippen LogP contribution in [0.25, 0.3) is 5.69 Å². The molecule has 0 aliphatic heterocycles. The highest BCUT2D eigenvalue weighted by molar-refractivity contribution is 5.99. The molecule has 0 radical (unpaired) electrons. The first-order valence-electron chi connectivity index (χ1n) is 8.11. The fourth-order valence-electron chi connectivity index (χ4n) is 3.26. The molecule has 1 aliphatic rings.